The van der Waals surface area contributed by atoms with Gasteiger partial charge in [-0.15, -0.1) is 46.7 Å². The van der Waals surface area contributed by atoms with Crippen LogP contribution in [0.4, 0.5) is 0 Å². The number of thiazole rings is 2. The van der Waals surface area contributed by atoms with Crippen LogP contribution in [0.3, 0.4) is 0 Å². The van der Waals surface area contributed by atoms with Gasteiger partial charge in [0.25, 0.3) is 0 Å². The van der Waals surface area contributed by atoms with Crippen molar-refractivity contribution in [2.75, 3.05) is 7.05 Å². The Morgan fingerprint density at radius 2 is 1.93 bits per heavy atom. The number of nitrogens with zero attached hydrogens (tertiary/aromatic N) is 3. The molecule has 0 saturated heterocycles. The highest BCUT2D eigenvalue weighted by Gasteiger charge is 2.11. The lowest BCUT2D eigenvalue weighted by Gasteiger charge is -2.09. The third-order valence-corrected chi connectivity index (χ3v) is 5.86. The topological polar surface area (TPSA) is 75.3 Å². The monoisotopic (exact) mass is 525 g/mol. The number of nitrogens with one attached hydrogen (secondary N) is 2. The molecule has 2 N–H and O–H groups in total. The van der Waals surface area contributed by atoms with Crippen molar-refractivity contribution in [3.8, 4) is 10.8 Å². The smallest absolute Gasteiger partial charge is 0.191 e. The molecule has 0 atom stereocenters. The molecule has 0 aliphatic rings. The van der Waals surface area contributed by atoms with E-state index in [1.807, 2.05) is 43.5 Å². The predicted octanol–water partition coefficient (Wildman–Crippen LogP) is 4.80. The number of halogens is 1. The van der Waals surface area contributed by atoms with E-state index in [4.69, 9.17) is 4.42 Å². The first kappa shape index (κ1) is 20.7. The highest BCUT2D eigenvalue weighted by Crippen LogP contribution is 2.31. The Labute approximate surface area is 188 Å². The average molecular weight is 525 g/mol. The first-order valence-electron chi connectivity index (χ1n) is 8.52. The fraction of sp³-hybridized carbons (Fsp3) is 0.211. The molecule has 0 radical (unpaired) electrons. The lowest BCUT2D eigenvalue weighted by atomic mass is 10.3. The molecule has 0 fully saturated rings. The summed E-state index contributed by atoms with van der Waals surface area (Å²) in [4.78, 5) is 14.4. The van der Waals surface area contributed by atoms with Gasteiger partial charge in [-0.3, -0.25) is 4.99 Å². The molecular formula is C19H20IN5OS2. The Balaban J connectivity index is 0.00000225. The number of hydrogen-bond acceptors (Lipinski definition) is 6. The zero-order valence-corrected chi connectivity index (χ0v) is 19.4. The first-order chi connectivity index (χ1) is 13.2. The molecule has 146 valence electrons. The van der Waals surface area contributed by atoms with Crippen molar-refractivity contribution in [2.45, 2.75) is 20.0 Å². The standard InChI is InChI=1S/C19H19N5OS2.HI/c1-12-9-21-17(26-12)11-23-19(20-2)22-10-13-7-8-15(25-13)18-24-14-5-3-4-6-16(14)27-18;/h3-9H,10-11H2,1-2H3,(H2,20,22,23);1H. The number of benzene rings is 1. The van der Waals surface area contributed by atoms with E-state index in [1.54, 1.807) is 29.7 Å². The van der Waals surface area contributed by atoms with Crippen molar-refractivity contribution in [3.63, 3.8) is 0 Å². The van der Waals surface area contributed by atoms with Crippen molar-refractivity contribution in [3.05, 3.63) is 58.2 Å². The summed E-state index contributed by atoms with van der Waals surface area (Å²) in [6.45, 7) is 3.24. The van der Waals surface area contributed by atoms with Crippen molar-refractivity contribution in [1.29, 1.82) is 0 Å². The van der Waals surface area contributed by atoms with Gasteiger partial charge in [0.1, 0.15) is 10.8 Å². The molecule has 0 aliphatic carbocycles. The fourth-order valence-corrected chi connectivity index (χ4v) is 4.25. The molecule has 0 spiro atoms. The first-order valence-corrected chi connectivity index (χ1v) is 10.1. The summed E-state index contributed by atoms with van der Waals surface area (Å²) in [5.74, 6) is 2.33. The maximum atomic E-state index is 5.95. The number of guanidine groups is 1. The number of aryl methyl sites for hydroxylation is 1. The van der Waals surface area contributed by atoms with Crippen LogP contribution in [0.1, 0.15) is 15.6 Å². The van der Waals surface area contributed by atoms with Crippen LogP contribution in [0.25, 0.3) is 21.0 Å². The Morgan fingerprint density at radius 1 is 1.11 bits per heavy atom. The second kappa shape index (κ2) is 9.48. The Morgan fingerprint density at radius 3 is 2.68 bits per heavy atom. The van der Waals surface area contributed by atoms with Gasteiger partial charge < -0.3 is 15.1 Å². The summed E-state index contributed by atoms with van der Waals surface area (Å²) >= 11 is 3.31. The minimum Gasteiger partial charge on any atom is -0.457 e. The second-order valence-electron chi connectivity index (χ2n) is 5.90. The van der Waals surface area contributed by atoms with Gasteiger partial charge in [0.05, 0.1) is 23.3 Å². The van der Waals surface area contributed by atoms with E-state index in [0.29, 0.717) is 19.0 Å². The molecule has 0 unspecified atom stereocenters. The molecule has 3 aromatic heterocycles. The molecule has 6 nitrogen and oxygen atoms in total. The van der Waals surface area contributed by atoms with Gasteiger partial charge in [-0.05, 0) is 31.2 Å². The van der Waals surface area contributed by atoms with Crippen molar-refractivity contribution in [2.24, 2.45) is 4.99 Å². The van der Waals surface area contributed by atoms with Gasteiger partial charge in [0.15, 0.2) is 16.7 Å². The quantitative estimate of drug-likeness (QED) is 0.222. The Bertz CT molecular complexity index is 1050. The van der Waals surface area contributed by atoms with Crippen molar-refractivity contribution >= 4 is 62.8 Å². The van der Waals surface area contributed by atoms with E-state index in [0.717, 1.165) is 31.8 Å². The second-order valence-corrected chi connectivity index (χ2v) is 8.25. The maximum Gasteiger partial charge on any atom is 0.191 e. The van der Waals surface area contributed by atoms with Gasteiger partial charge >= 0.3 is 0 Å². The summed E-state index contributed by atoms with van der Waals surface area (Å²) in [6, 6.07) is 12.0. The maximum absolute atomic E-state index is 5.95. The van der Waals surface area contributed by atoms with Crippen LogP contribution in [-0.2, 0) is 13.1 Å². The molecule has 4 aromatic rings. The molecule has 0 bridgehead atoms. The van der Waals surface area contributed by atoms with Gasteiger partial charge in [-0.2, -0.15) is 0 Å². The largest absolute Gasteiger partial charge is 0.457 e. The highest BCUT2D eigenvalue weighted by molar-refractivity contribution is 14.0. The van der Waals surface area contributed by atoms with Crippen LogP contribution < -0.4 is 10.6 Å². The summed E-state index contributed by atoms with van der Waals surface area (Å²) in [7, 11) is 1.75. The molecule has 9 heteroatoms. The van der Waals surface area contributed by atoms with E-state index in [-0.39, 0.29) is 24.0 Å². The summed E-state index contributed by atoms with van der Waals surface area (Å²) in [5.41, 5.74) is 0.996. The Hall–Kier alpha value is -1.98. The van der Waals surface area contributed by atoms with Crippen molar-refractivity contribution < 1.29 is 4.42 Å². The number of para-hydroxylation sites is 1. The van der Waals surface area contributed by atoms with Gasteiger partial charge in [0, 0.05) is 18.1 Å². The van der Waals surface area contributed by atoms with Gasteiger partial charge in [-0.1, -0.05) is 12.1 Å². The predicted molar refractivity (Wildman–Crippen MR) is 127 cm³/mol. The molecule has 28 heavy (non-hydrogen) atoms. The minimum absolute atomic E-state index is 0. The number of aliphatic imine (C=N–C) groups is 1. The van der Waals surface area contributed by atoms with E-state index in [9.17, 15) is 0 Å². The minimum atomic E-state index is 0. The highest BCUT2D eigenvalue weighted by atomic mass is 127. The fourth-order valence-electron chi connectivity index (χ4n) is 2.60. The SMILES string of the molecule is CN=C(NCc1ccc(-c2nc3ccccc3s2)o1)NCc1ncc(C)s1.I. The molecular weight excluding hydrogens is 505 g/mol. The van der Waals surface area contributed by atoms with Crippen LogP contribution in [0.5, 0.6) is 0 Å². The summed E-state index contributed by atoms with van der Waals surface area (Å²) in [5, 5.41) is 8.45. The van der Waals surface area contributed by atoms with Crippen LogP contribution in [0, 0.1) is 6.92 Å². The number of hydrogen-bond donors (Lipinski definition) is 2. The van der Waals surface area contributed by atoms with E-state index in [2.05, 4.69) is 31.7 Å². The zero-order valence-electron chi connectivity index (χ0n) is 15.4. The molecule has 0 saturated carbocycles. The zero-order chi connectivity index (χ0) is 18.6. The van der Waals surface area contributed by atoms with E-state index in [1.165, 1.54) is 4.88 Å². The molecule has 3 heterocycles. The van der Waals surface area contributed by atoms with Crippen LogP contribution in [0.2, 0.25) is 0 Å². The number of fused-ring (bicyclic) bond motifs is 1. The van der Waals surface area contributed by atoms with E-state index < -0.39 is 0 Å². The van der Waals surface area contributed by atoms with Gasteiger partial charge in [0.2, 0.25) is 0 Å². The molecule has 0 aliphatic heterocycles. The lowest BCUT2D eigenvalue weighted by Crippen LogP contribution is -2.36. The average Bonchev–Trinajstić information content (AvgIpc) is 3.40. The van der Waals surface area contributed by atoms with Crippen molar-refractivity contribution in [1.82, 2.24) is 20.6 Å². The third-order valence-electron chi connectivity index (χ3n) is 3.90. The van der Waals surface area contributed by atoms with Crippen LogP contribution in [0.15, 0.2) is 52.0 Å². The Kier molecular flexibility index (Phi) is 7.03. The number of aromatic nitrogens is 2. The molecule has 4 rings (SSSR count). The van der Waals surface area contributed by atoms with Crippen LogP contribution in [-0.4, -0.2) is 23.0 Å². The third kappa shape index (κ3) is 4.89. The molecule has 1 aromatic carbocycles. The number of rotatable bonds is 5. The summed E-state index contributed by atoms with van der Waals surface area (Å²) < 4.78 is 7.11. The summed E-state index contributed by atoms with van der Waals surface area (Å²) in [6.07, 6.45) is 1.88. The van der Waals surface area contributed by atoms with Crippen LogP contribution >= 0.6 is 46.7 Å². The normalized spacial score (nSPS) is 11.4. The van der Waals surface area contributed by atoms with Gasteiger partial charge in [-0.25, -0.2) is 9.97 Å². The lowest BCUT2D eigenvalue weighted by molar-refractivity contribution is 0.513. The van der Waals surface area contributed by atoms with E-state index >= 15 is 0 Å². The number of furan rings is 1. The molecule has 0 amide bonds.